The Kier molecular flexibility index (Phi) is 3.83. The van der Waals surface area contributed by atoms with Gasteiger partial charge in [-0.3, -0.25) is 4.98 Å². The van der Waals surface area contributed by atoms with Crippen molar-refractivity contribution < 1.29 is 9.47 Å². The summed E-state index contributed by atoms with van der Waals surface area (Å²) in [6.07, 6.45) is 3.63. The van der Waals surface area contributed by atoms with Crippen LogP contribution in [0.25, 0.3) is 0 Å². The maximum atomic E-state index is 5.59. The zero-order valence-electron chi connectivity index (χ0n) is 11.5. The molecule has 0 saturated carbocycles. The number of hydrogen-bond acceptors (Lipinski definition) is 4. The molecule has 0 radical (unpaired) electrons. The van der Waals surface area contributed by atoms with Gasteiger partial charge in [0.05, 0.1) is 0 Å². The molecule has 2 heterocycles. The van der Waals surface area contributed by atoms with Gasteiger partial charge in [-0.15, -0.1) is 0 Å². The van der Waals surface area contributed by atoms with E-state index in [0.717, 1.165) is 18.0 Å². The van der Waals surface area contributed by atoms with Crippen LogP contribution in [0.4, 0.5) is 0 Å². The van der Waals surface area contributed by atoms with E-state index in [0.29, 0.717) is 13.2 Å². The third-order valence-electron chi connectivity index (χ3n) is 3.43. The molecule has 0 aliphatic carbocycles. The van der Waals surface area contributed by atoms with Crippen LogP contribution < -0.4 is 14.8 Å². The number of ether oxygens (including phenoxy) is 2. The van der Waals surface area contributed by atoms with Crippen LogP contribution in [-0.2, 0) is 6.54 Å². The minimum absolute atomic E-state index is 0.284. The average Bonchev–Trinajstić information content (AvgIpc) is 2.53. The molecule has 4 nitrogen and oxygen atoms in total. The largest absolute Gasteiger partial charge is 0.486 e. The van der Waals surface area contributed by atoms with E-state index < -0.39 is 0 Å². The van der Waals surface area contributed by atoms with Gasteiger partial charge in [0.2, 0.25) is 0 Å². The average molecular weight is 270 g/mol. The van der Waals surface area contributed by atoms with Gasteiger partial charge in [0.1, 0.15) is 13.2 Å². The zero-order chi connectivity index (χ0) is 13.8. The Bertz CT molecular complexity index is 572. The van der Waals surface area contributed by atoms with E-state index in [9.17, 15) is 0 Å². The second-order valence-electron chi connectivity index (χ2n) is 4.86. The lowest BCUT2D eigenvalue weighted by molar-refractivity contribution is 0.171. The second-order valence-corrected chi connectivity index (χ2v) is 4.86. The van der Waals surface area contributed by atoms with E-state index in [1.54, 1.807) is 0 Å². The molecule has 1 aliphatic heterocycles. The molecule has 1 aromatic carbocycles. The summed E-state index contributed by atoms with van der Waals surface area (Å²) in [6, 6.07) is 10.4. The van der Waals surface area contributed by atoms with Crippen molar-refractivity contribution in [3.63, 3.8) is 0 Å². The van der Waals surface area contributed by atoms with Crippen molar-refractivity contribution in [2.75, 3.05) is 13.2 Å². The molecule has 3 rings (SSSR count). The third-order valence-corrected chi connectivity index (χ3v) is 3.43. The monoisotopic (exact) mass is 270 g/mol. The lowest BCUT2D eigenvalue weighted by Crippen LogP contribution is -2.19. The van der Waals surface area contributed by atoms with Crippen LogP contribution in [-0.4, -0.2) is 18.2 Å². The quantitative estimate of drug-likeness (QED) is 0.927. The van der Waals surface area contributed by atoms with Crippen molar-refractivity contribution in [1.82, 2.24) is 10.3 Å². The molecule has 0 amide bonds. The fraction of sp³-hybridized carbons (Fsp3) is 0.312. The van der Waals surface area contributed by atoms with E-state index in [-0.39, 0.29) is 6.04 Å². The summed E-state index contributed by atoms with van der Waals surface area (Å²) in [4.78, 5) is 4.04. The minimum Gasteiger partial charge on any atom is -0.486 e. The number of pyridine rings is 1. The summed E-state index contributed by atoms with van der Waals surface area (Å²) in [6.45, 7) is 4.19. The number of rotatable bonds is 4. The number of nitrogens with zero attached hydrogens (tertiary/aromatic N) is 1. The molecule has 0 spiro atoms. The highest BCUT2D eigenvalue weighted by atomic mass is 16.6. The second kappa shape index (κ2) is 5.92. The highest BCUT2D eigenvalue weighted by Gasteiger charge is 2.12. The molecule has 1 atom stereocenters. The molecule has 0 fully saturated rings. The van der Waals surface area contributed by atoms with Crippen molar-refractivity contribution >= 4 is 0 Å². The number of fused-ring (bicyclic) bond motifs is 1. The van der Waals surface area contributed by atoms with E-state index in [2.05, 4.69) is 23.3 Å². The van der Waals surface area contributed by atoms with Crippen molar-refractivity contribution in [3.05, 3.63) is 53.9 Å². The van der Waals surface area contributed by atoms with Gasteiger partial charge in [0.15, 0.2) is 11.5 Å². The first-order valence-electron chi connectivity index (χ1n) is 6.85. The first-order chi connectivity index (χ1) is 9.83. The highest BCUT2D eigenvalue weighted by Crippen LogP contribution is 2.30. The highest BCUT2D eigenvalue weighted by molar-refractivity contribution is 5.43. The molecule has 2 aromatic rings. The Hall–Kier alpha value is -2.07. The zero-order valence-corrected chi connectivity index (χ0v) is 11.5. The predicted octanol–water partition coefficient (Wildman–Crippen LogP) is 2.70. The van der Waals surface area contributed by atoms with Gasteiger partial charge in [-0.05, 0) is 42.3 Å². The number of nitrogens with one attached hydrogen (secondary N) is 1. The van der Waals surface area contributed by atoms with Crippen LogP contribution in [0.5, 0.6) is 11.5 Å². The standard InChI is InChI=1S/C16H18N2O2/c1-12(14-4-6-17-7-5-14)18-11-13-2-3-15-16(10-13)20-9-8-19-15/h2-7,10,12,18H,8-9,11H2,1H3/t12-/m1/s1. The molecule has 0 unspecified atom stereocenters. The molecule has 20 heavy (non-hydrogen) atoms. The summed E-state index contributed by atoms with van der Waals surface area (Å²) < 4.78 is 11.1. The molecule has 1 aromatic heterocycles. The summed E-state index contributed by atoms with van der Waals surface area (Å²) in [5.41, 5.74) is 2.42. The Balaban J connectivity index is 1.64. The minimum atomic E-state index is 0.284. The Labute approximate surface area is 118 Å². The Morgan fingerprint density at radius 3 is 2.65 bits per heavy atom. The molecule has 1 aliphatic rings. The van der Waals surface area contributed by atoms with Crippen LogP contribution in [0.2, 0.25) is 0 Å². The molecule has 1 N–H and O–H groups in total. The topological polar surface area (TPSA) is 43.4 Å². The lowest BCUT2D eigenvalue weighted by atomic mass is 10.1. The van der Waals surface area contributed by atoms with E-state index in [4.69, 9.17) is 9.47 Å². The van der Waals surface area contributed by atoms with Crippen LogP contribution in [0.15, 0.2) is 42.7 Å². The maximum Gasteiger partial charge on any atom is 0.161 e. The smallest absolute Gasteiger partial charge is 0.161 e. The Morgan fingerprint density at radius 2 is 1.85 bits per heavy atom. The molecular weight excluding hydrogens is 252 g/mol. The van der Waals surface area contributed by atoms with Crippen molar-refractivity contribution in [2.24, 2.45) is 0 Å². The first-order valence-corrected chi connectivity index (χ1v) is 6.85. The fourth-order valence-electron chi connectivity index (χ4n) is 2.24. The summed E-state index contributed by atoms with van der Waals surface area (Å²) in [5, 5.41) is 3.50. The SMILES string of the molecule is C[C@@H](NCc1ccc2c(c1)OCCO2)c1ccncc1. The van der Waals surface area contributed by atoms with Crippen molar-refractivity contribution in [3.8, 4) is 11.5 Å². The number of aromatic nitrogens is 1. The van der Waals surface area contributed by atoms with Gasteiger partial charge >= 0.3 is 0 Å². The summed E-state index contributed by atoms with van der Waals surface area (Å²) in [5.74, 6) is 1.68. The van der Waals surface area contributed by atoms with Gasteiger partial charge in [-0.2, -0.15) is 0 Å². The van der Waals surface area contributed by atoms with Crippen LogP contribution in [0, 0.1) is 0 Å². The molecule has 104 valence electrons. The summed E-state index contributed by atoms with van der Waals surface area (Å²) in [7, 11) is 0. The van der Waals surface area contributed by atoms with E-state index >= 15 is 0 Å². The first kappa shape index (κ1) is 12.9. The van der Waals surface area contributed by atoms with Gasteiger partial charge in [0, 0.05) is 25.0 Å². The van der Waals surface area contributed by atoms with Crippen molar-refractivity contribution in [2.45, 2.75) is 19.5 Å². The fourth-order valence-corrected chi connectivity index (χ4v) is 2.24. The maximum absolute atomic E-state index is 5.59. The molecule has 0 saturated heterocycles. The number of benzene rings is 1. The Morgan fingerprint density at radius 1 is 1.10 bits per heavy atom. The van der Waals surface area contributed by atoms with Crippen LogP contribution in [0.3, 0.4) is 0 Å². The number of hydrogen-bond donors (Lipinski definition) is 1. The molecular formula is C16H18N2O2. The van der Waals surface area contributed by atoms with Gasteiger partial charge < -0.3 is 14.8 Å². The molecule has 4 heteroatoms. The molecule has 0 bridgehead atoms. The third kappa shape index (κ3) is 2.91. The lowest BCUT2D eigenvalue weighted by Gasteiger charge is -2.19. The normalized spacial score (nSPS) is 14.8. The van der Waals surface area contributed by atoms with Gasteiger partial charge in [-0.1, -0.05) is 6.07 Å². The van der Waals surface area contributed by atoms with Gasteiger partial charge in [0.25, 0.3) is 0 Å². The van der Waals surface area contributed by atoms with E-state index in [1.807, 2.05) is 36.7 Å². The summed E-state index contributed by atoms with van der Waals surface area (Å²) >= 11 is 0. The predicted molar refractivity (Wildman–Crippen MR) is 76.9 cm³/mol. The van der Waals surface area contributed by atoms with Crippen LogP contribution >= 0.6 is 0 Å². The van der Waals surface area contributed by atoms with Crippen LogP contribution in [0.1, 0.15) is 24.1 Å². The van der Waals surface area contributed by atoms with Gasteiger partial charge in [-0.25, -0.2) is 0 Å². The van der Waals surface area contributed by atoms with Crippen molar-refractivity contribution in [1.29, 1.82) is 0 Å². The van der Waals surface area contributed by atoms with E-state index in [1.165, 1.54) is 11.1 Å².